The van der Waals surface area contributed by atoms with Gasteiger partial charge in [0.05, 0.1) is 11.1 Å². The third kappa shape index (κ3) is 3.32. The Hall–Kier alpha value is -2.47. The summed E-state index contributed by atoms with van der Waals surface area (Å²) in [5.41, 5.74) is 1.13. The van der Waals surface area contributed by atoms with E-state index in [4.69, 9.17) is 11.6 Å². The Morgan fingerprint density at radius 1 is 1.13 bits per heavy atom. The van der Waals surface area contributed by atoms with E-state index < -0.39 is 5.82 Å². The predicted octanol–water partition coefficient (Wildman–Crippen LogP) is 3.51. The summed E-state index contributed by atoms with van der Waals surface area (Å²) in [6.45, 7) is 0.713. The van der Waals surface area contributed by atoms with Crippen molar-refractivity contribution in [3.63, 3.8) is 0 Å². The molecule has 1 aliphatic rings. The number of aromatic nitrogens is 2. The van der Waals surface area contributed by atoms with Crippen molar-refractivity contribution in [3.8, 4) is 0 Å². The number of H-pyrrole nitrogens is 1. The summed E-state index contributed by atoms with van der Waals surface area (Å²) in [6.07, 6.45) is 0.742. The van der Waals surface area contributed by atoms with Gasteiger partial charge in [0, 0.05) is 29.1 Å². The number of aromatic amines is 1. The number of benzene rings is 2. The molecule has 0 saturated heterocycles. The van der Waals surface area contributed by atoms with Crippen LogP contribution in [0.5, 0.6) is 0 Å². The van der Waals surface area contributed by atoms with Crippen molar-refractivity contribution in [1.82, 2.24) is 10.2 Å². The molecule has 2 aromatic carbocycles. The van der Waals surface area contributed by atoms with E-state index in [2.05, 4.69) is 15.5 Å². The van der Waals surface area contributed by atoms with Crippen molar-refractivity contribution in [2.24, 2.45) is 0 Å². The van der Waals surface area contributed by atoms with Crippen molar-refractivity contribution in [2.45, 2.75) is 6.42 Å². The zero-order valence-electron chi connectivity index (χ0n) is 11.9. The largest absolute Gasteiger partial charge is 0.384 e. The standard InChI is InChI=1S/C10H8FN3O.C6H4ClF/c11-5-3-6-9-7(13-14-10(6)15)1-2-12-8(9)4-5;7-5-2-1-3-6(8)4-5/h3-4,12H,1-2H2,(H,14,15);1-4H. The minimum absolute atomic E-state index is 0.294. The van der Waals surface area contributed by atoms with E-state index in [-0.39, 0.29) is 11.4 Å². The zero-order valence-corrected chi connectivity index (χ0v) is 12.6. The van der Waals surface area contributed by atoms with E-state index in [1.807, 2.05) is 0 Å². The lowest BCUT2D eigenvalue weighted by molar-refractivity contribution is 0.628. The third-order valence-electron chi connectivity index (χ3n) is 3.39. The second-order valence-corrected chi connectivity index (χ2v) is 5.43. The lowest BCUT2D eigenvalue weighted by Gasteiger charge is -2.17. The van der Waals surface area contributed by atoms with E-state index >= 15 is 0 Å². The van der Waals surface area contributed by atoms with Crippen molar-refractivity contribution < 1.29 is 8.78 Å². The highest BCUT2D eigenvalue weighted by molar-refractivity contribution is 6.30. The number of nitrogens with one attached hydrogen (secondary N) is 2. The zero-order chi connectivity index (χ0) is 16.4. The summed E-state index contributed by atoms with van der Waals surface area (Å²) in [7, 11) is 0. The molecule has 3 aromatic rings. The number of rotatable bonds is 0. The van der Waals surface area contributed by atoms with Crippen LogP contribution in [0.25, 0.3) is 10.8 Å². The SMILES string of the molecule is Fc1cccc(Cl)c1.O=c1[nH]nc2c3c(cc(F)cc13)NCC2. The number of halogens is 3. The number of nitrogens with zero attached hydrogens (tertiary/aromatic N) is 1. The summed E-state index contributed by atoms with van der Waals surface area (Å²) in [5, 5.41) is 11.0. The van der Waals surface area contributed by atoms with Crippen LogP contribution in [-0.2, 0) is 6.42 Å². The Kier molecular flexibility index (Phi) is 4.25. The molecular weight excluding hydrogens is 324 g/mol. The molecule has 0 aliphatic carbocycles. The average molecular weight is 336 g/mol. The van der Waals surface area contributed by atoms with Crippen LogP contribution in [0, 0.1) is 11.6 Å². The second kappa shape index (κ2) is 6.34. The van der Waals surface area contributed by atoms with Gasteiger partial charge in [-0.2, -0.15) is 5.10 Å². The quantitative estimate of drug-likeness (QED) is 0.661. The van der Waals surface area contributed by atoms with Gasteiger partial charge in [0.2, 0.25) is 0 Å². The molecule has 0 fully saturated rings. The number of hydrogen-bond acceptors (Lipinski definition) is 3. The van der Waals surface area contributed by atoms with Crippen LogP contribution in [0.4, 0.5) is 14.5 Å². The molecule has 7 heteroatoms. The monoisotopic (exact) mass is 335 g/mol. The normalized spacial score (nSPS) is 12.3. The molecular formula is C16H12ClF2N3O. The van der Waals surface area contributed by atoms with E-state index in [9.17, 15) is 13.6 Å². The van der Waals surface area contributed by atoms with Gasteiger partial charge in [-0.1, -0.05) is 17.7 Å². The first kappa shape index (κ1) is 15.4. The molecule has 23 heavy (non-hydrogen) atoms. The fourth-order valence-electron chi connectivity index (χ4n) is 2.43. The smallest absolute Gasteiger partial charge is 0.272 e. The van der Waals surface area contributed by atoms with Gasteiger partial charge in [-0.3, -0.25) is 4.79 Å². The van der Waals surface area contributed by atoms with E-state index in [0.29, 0.717) is 22.6 Å². The molecule has 0 unspecified atom stereocenters. The molecule has 4 nitrogen and oxygen atoms in total. The van der Waals surface area contributed by atoms with Gasteiger partial charge >= 0.3 is 0 Å². The Morgan fingerprint density at radius 2 is 1.96 bits per heavy atom. The van der Waals surface area contributed by atoms with Gasteiger partial charge in [-0.05, 0) is 30.3 Å². The van der Waals surface area contributed by atoms with Gasteiger partial charge in [-0.25, -0.2) is 13.9 Å². The third-order valence-corrected chi connectivity index (χ3v) is 3.63. The van der Waals surface area contributed by atoms with E-state index in [0.717, 1.165) is 17.5 Å². The second-order valence-electron chi connectivity index (χ2n) is 4.99. The Labute approximate surface area is 135 Å². The first-order chi connectivity index (χ1) is 11.0. The molecule has 1 aliphatic heterocycles. The van der Waals surface area contributed by atoms with Crippen LogP contribution in [0.1, 0.15) is 5.69 Å². The fourth-order valence-corrected chi connectivity index (χ4v) is 2.60. The van der Waals surface area contributed by atoms with Crippen LogP contribution < -0.4 is 10.9 Å². The molecule has 4 rings (SSSR count). The van der Waals surface area contributed by atoms with Gasteiger partial charge < -0.3 is 5.32 Å². The first-order valence-corrected chi connectivity index (χ1v) is 7.28. The summed E-state index contributed by atoms with van der Waals surface area (Å²) in [6, 6.07) is 8.46. The summed E-state index contributed by atoms with van der Waals surface area (Å²) >= 11 is 5.40. The van der Waals surface area contributed by atoms with Crippen molar-refractivity contribution in [1.29, 1.82) is 0 Å². The molecule has 0 bridgehead atoms. The van der Waals surface area contributed by atoms with Gasteiger partial charge in [0.15, 0.2) is 0 Å². The number of anilines is 1. The lowest BCUT2D eigenvalue weighted by atomic mass is 10.0. The van der Waals surface area contributed by atoms with Crippen LogP contribution >= 0.6 is 11.6 Å². The molecule has 0 amide bonds. The summed E-state index contributed by atoms with van der Waals surface area (Å²) < 4.78 is 25.3. The lowest BCUT2D eigenvalue weighted by Crippen LogP contribution is -2.19. The molecule has 1 aromatic heterocycles. The summed E-state index contributed by atoms with van der Waals surface area (Å²) in [5.74, 6) is -0.702. The van der Waals surface area contributed by atoms with E-state index in [1.54, 1.807) is 12.1 Å². The van der Waals surface area contributed by atoms with Crippen molar-refractivity contribution in [2.75, 3.05) is 11.9 Å². The first-order valence-electron chi connectivity index (χ1n) is 6.90. The van der Waals surface area contributed by atoms with Crippen molar-refractivity contribution >= 4 is 28.1 Å². The van der Waals surface area contributed by atoms with Gasteiger partial charge in [0.1, 0.15) is 11.6 Å². The molecule has 0 spiro atoms. The summed E-state index contributed by atoms with van der Waals surface area (Å²) in [4.78, 5) is 11.5. The van der Waals surface area contributed by atoms with Crippen LogP contribution in [-0.4, -0.2) is 16.7 Å². The highest BCUT2D eigenvalue weighted by Gasteiger charge is 2.16. The van der Waals surface area contributed by atoms with Gasteiger partial charge in [0.25, 0.3) is 5.56 Å². The van der Waals surface area contributed by atoms with Crippen molar-refractivity contribution in [3.05, 3.63) is 69.1 Å². The Bertz CT molecular complexity index is 910. The fraction of sp³-hybridized carbons (Fsp3) is 0.125. The topological polar surface area (TPSA) is 57.8 Å². The molecule has 2 heterocycles. The van der Waals surface area contributed by atoms with Crippen LogP contribution in [0.2, 0.25) is 5.02 Å². The Morgan fingerprint density at radius 3 is 2.65 bits per heavy atom. The maximum atomic E-state index is 13.2. The highest BCUT2D eigenvalue weighted by Crippen LogP contribution is 2.27. The van der Waals surface area contributed by atoms with Crippen LogP contribution in [0.15, 0.2) is 41.2 Å². The molecule has 118 valence electrons. The molecule has 0 radical (unpaired) electrons. The minimum Gasteiger partial charge on any atom is -0.384 e. The maximum Gasteiger partial charge on any atom is 0.272 e. The maximum absolute atomic E-state index is 13.2. The molecule has 0 atom stereocenters. The minimum atomic E-state index is -0.408. The molecule has 0 saturated carbocycles. The number of hydrogen-bond donors (Lipinski definition) is 2. The van der Waals surface area contributed by atoms with Gasteiger partial charge in [-0.15, -0.1) is 0 Å². The predicted molar refractivity (Wildman–Crippen MR) is 85.9 cm³/mol. The Balaban J connectivity index is 0.000000166. The average Bonchev–Trinajstić information content (AvgIpc) is 2.51. The van der Waals surface area contributed by atoms with E-state index in [1.165, 1.54) is 24.3 Å². The molecule has 2 N–H and O–H groups in total. The highest BCUT2D eigenvalue weighted by atomic mass is 35.5. The van der Waals surface area contributed by atoms with Crippen LogP contribution in [0.3, 0.4) is 0 Å².